The smallest absolute Gasteiger partial charge is 0.0819 e. The lowest BCUT2D eigenvalue weighted by molar-refractivity contribution is 0.383. The lowest BCUT2D eigenvalue weighted by Gasteiger charge is -2.10. The molecule has 60 valence electrons. The van der Waals surface area contributed by atoms with Crippen LogP contribution in [0.3, 0.4) is 0 Å². The molecular weight excluding hydrogens is 140 g/mol. The highest BCUT2D eigenvalue weighted by Gasteiger charge is 2.46. The van der Waals surface area contributed by atoms with Crippen LogP contribution in [0.25, 0.3) is 0 Å². The van der Waals surface area contributed by atoms with E-state index in [1.165, 1.54) is 12.8 Å². The molecule has 0 saturated carbocycles. The Morgan fingerprint density at radius 3 is 2.20 bits per heavy atom. The van der Waals surface area contributed by atoms with Crippen LogP contribution in [0.1, 0.15) is 19.8 Å². The van der Waals surface area contributed by atoms with Gasteiger partial charge in [0.1, 0.15) is 0 Å². The lowest BCUT2D eigenvalue weighted by Crippen LogP contribution is -2.30. The van der Waals surface area contributed by atoms with Crippen LogP contribution in [-0.4, -0.2) is 19.9 Å². The summed E-state index contributed by atoms with van der Waals surface area (Å²) >= 11 is 0. The van der Waals surface area contributed by atoms with Crippen molar-refractivity contribution in [1.29, 1.82) is 0 Å². The number of hydrogen-bond acceptors (Lipinski definition) is 1. The zero-order valence-corrected chi connectivity index (χ0v) is 8.48. The van der Waals surface area contributed by atoms with Crippen molar-refractivity contribution in [1.82, 2.24) is 0 Å². The zero-order valence-electron chi connectivity index (χ0n) is 7.48. The summed E-state index contributed by atoms with van der Waals surface area (Å²) < 4.78 is 5.58. The van der Waals surface area contributed by atoms with Gasteiger partial charge in [0.25, 0.3) is 0 Å². The first-order chi connectivity index (χ1) is 4.55. The second kappa shape index (κ2) is 2.66. The van der Waals surface area contributed by atoms with Crippen LogP contribution in [0.2, 0.25) is 19.6 Å². The van der Waals surface area contributed by atoms with Crippen molar-refractivity contribution in [2.45, 2.75) is 51.2 Å². The molecule has 0 aromatic rings. The first kappa shape index (κ1) is 8.28. The molecule has 0 aliphatic carbocycles. The molecule has 1 rings (SSSR count). The number of hydrogen-bond donors (Lipinski definition) is 0. The van der Waals surface area contributed by atoms with Gasteiger partial charge in [0, 0.05) is 0 Å². The van der Waals surface area contributed by atoms with Crippen LogP contribution in [0, 0.1) is 0 Å². The van der Waals surface area contributed by atoms with E-state index in [1.54, 1.807) is 0 Å². The number of epoxide rings is 1. The summed E-state index contributed by atoms with van der Waals surface area (Å²) in [5.41, 5.74) is 0.674. The molecule has 0 aromatic heterocycles. The molecule has 1 nitrogen and oxygen atoms in total. The van der Waals surface area contributed by atoms with Crippen LogP contribution in [0.4, 0.5) is 0 Å². The minimum Gasteiger partial charge on any atom is -0.373 e. The summed E-state index contributed by atoms with van der Waals surface area (Å²) in [6, 6.07) is 0. The molecule has 2 unspecified atom stereocenters. The van der Waals surface area contributed by atoms with Crippen molar-refractivity contribution in [2.24, 2.45) is 0 Å². The average molecular weight is 158 g/mol. The third-order valence-corrected chi connectivity index (χ3v) is 4.22. The van der Waals surface area contributed by atoms with Crippen LogP contribution in [0.5, 0.6) is 0 Å². The van der Waals surface area contributed by atoms with Gasteiger partial charge in [-0.1, -0.05) is 33.0 Å². The molecule has 0 aromatic carbocycles. The first-order valence-electron chi connectivity index (χ1n) is 4.21. The average Bonchev–Trinajstić information content (AvgIpc) is 2.44. The molecule has 2 heteroatoms. The maximum absolute atomic E-state index is 5.58. The summed E-state index contributed by atoms with van der Waals surface area (Å²) in [5.74, 6) is 0. The minimum atomic E-state index is -0.946. The molecule has 2 atom stereocenters. The van der Waals surface area contributed by atoms with Gasteiger partial charge in [0.15, 0.2) is 0 Å². The van der Waals surface area contributed by atoms with E-state index in [0.717, 1.165) is 0 Å². The predicted molar refractivity (Wildman–Crippen MR) is 46.9 cm³/mol. The Bertz CT molecular complexity index is 117. The Hall–Kier alpha value is 0.177. The third-order valence-electron chi connectivity index (χ3n) is 2.01. The van der Waals surface area contributed by atoms with Gasteiger partial charge in [0.05, 0.1) is 19.9 Å². The second-order valence-corrected chi connectivity index (χ2v) is 9.55. The Labute approximate surface area is 64.8 Å². The maximum atomic E-state index is 5.58. The Kier molecular flexibility index (Phi) is 2.20. The van der Waals surface area contributed by atoms with Crippen molar-refractivity contribution in [3.63, 3.8) is 0 Å². The highest BCUT2D eigenvalue weighted by atomic mass is 28.3. The maximum Gasteiger partial charge on any atom is 0.0819 e. The number of rotatable bonds is 3. The highest BCUT2D eigenvalue weighted by molar-refractivity contribution is 6.78. The predicted octanol–water partition coefficient (Wildman–Crippen LogP) is 2.43. The molecule has 1 saturated heterocycles. The fourth-order valence-corrected chi connectivity index (χ4v) is 3.27. The van der Waals surface area contributed by atoms with Gasteiger partial charge in [-0.3, -0.25) is 0 Å². The van der Waals surface area contributed by atoms with Crippen molar-refractivity contribution in [3.05, 3.63) is 0 Å². The van der Waals surface area contributed by atoms with Gasteiger partial charge in [-0.05, 0) is 6.42 Å². The van der Waals surface area contributed by atoms with Gasteiger partial charge in [-0.25, -0.2) is 0 Å². The summed E-state index contributed by atoms with van der Waals surface area (Å²) in [6.45, 7) is 9.37. The number of ether oxygens (including phenoxy) is 1. The standard InChI is InChI=1S/C8H18OSi/c1-5-6-7-8(9-7)10(2,3)4/h7-8H,5-6H2,1-4H3. The molecule has 0 N–H and O–H groups in total. The highest BCUT2D eigenvalue weighted by Crippen LogP contribution is 2.33. The van der Waals surface area contributed by atoms with Crippen molar-refractivity contribution < 1.29 is 4.74 Å². The molecule has 0 bridgehead atoms. The van der Waals surface area contributed by atoms with Gasteiger partial charge < -0.3 is 4.74 Å². The molecule has 1 aliphatic rings. The van der Waals surface area contributed by atoms with Gasteiger partial charge >= 0.3 is 0 Å². The van der Waals surface area contributed by atoms with Crippen LogP contribution < -0.4 is 0 Å². The Morgan fingerprint density at radius 1 is 1.30 bits per heavy atom. The van der Waals surface area contributed by atoms with Crippen molar-refractivity contribution in [2.75, 3.05) is 0 Å². The molecular formula is C8H18OSi. The van der Waals surface area contributed by atoms with Gasteiger partial charge in [-0.2, -0.15) is 0 Å². The third kappa shape index (κ3) is 1.83. The van der Waals surface area contributed by atoms with E-state index in [0.29, 0.717) is 11.8 Å². The van der Waals surface area contributed by atoms with Gasteiger partial charge in [-0.15, -0.1) is 0 Å². The molecule has 10 heavy (non-hydrogen) atoms. The fraction of sp³-hybridized carbons (Fsp3) is 1.00. The Morgan fingerprint density at radius 2 is 1.90 bits per heavy atom. The van der Waals surface area contributed by atoms with Crippen molar-refractivity contribution >= 4 is 8.07 Å². The van der Waals surface area contributed by atoms with Crippen LogP contribution in [0.15, 0.2) is 0 Å². The van der Waals surface area contributed by atoms with E-state index >= 15 is 0 Å². The molecule has 1 heterocycles. The lowest BCUT2D eigenvalue weighted by atomic mass is 10.3. The SMILES string of the molecule is CCCC1OC1[Si](C)(C)C. The van der Waals surface area contributed by atoms with E-state index in [-0.39, 0.29) is 0 Å². The van der Waals surface area contributed by atoms with Crippen LogP contribution >= 0.6 is 0 Å². The van der Waals surface area contributed by atoms with E-state index in [9.17, 15) is 0 Å². The first-order valence-corrected chi connectivity index (χ1v) is 7.79. The summed E-state index contributed by atoms with van der Waals surface area (Å²) in [7, 11) is -0.946. The fourth-order valence-electron chi connectivity index (χ4n) is 1.41. The molecule has 1 fully saturated rings. The Balaban J connectivity index is 2.25. The van der Waals surface area contributed by atoms with E-state index in [1.807, 2.05) is 0 Å². The quantitative estimate of drug-likeness (QED) is 0.454. The molecule has 0 spiro atoms. The minimum absolute atomic E-state index is 0.636. The molecule has 0 amide bonds. The summed E-state index contributed by atoms with van der Waals surface area (Å²) in [5, 5.41) is 0. The zero-order chi connectivity index (χ0) is 7.78. The van der Waals surface area contributed by atoms with E-state index in [2.05, 4.69) is 26.6 Å². The topological polar surface area (TPSA) is 12.5 Å². The van der Waals surface area contributed by atoms with Crippen molar-refractivity contribution in [3.8, 4) is 0 Å². The summed E-state index contributed by atoms with van der Waals surface area (Å²) in [4.78, 5) is 0. The van der Waals surface area contributed by atoms with Gasteiger partial charge in [0.2, 0.25) is 0 Å². The van der Waals surface area contributed by atoms with Crippen LogP contribution in [-0.2, 0) is 4.74 Å². The van der Waals surface area contributed by atoms with E-state index in [4.69, 9.17) is 4.74 Å². The molecule has 0 radical (unpaired) electrons. The van der Waals surface area contributed by atoms with E-state index < -0.39 is 8.07 Å². The molecule has 1 aliphatic heterocycles. The monoisotopic (exact) mass is 158 g/mol. The largest absolute Gasteiger partial charge is 0.373 e. The normalized spacial score (nSPS) is 32.4. The summed E-state index contributed by atoms with van der Waals surface area (Å²) in [6.07, 6.45) is 3.18. The second-order valence-electron chi connectivity index (χ2n) is 4.25.